The minimum atomic E-state index is -0.598. The molecule has 2 rings (SSSR count). The van der Waals surface area contributed by atoms with Crippen LogP contribution in [0.2, 0.25) is 5.02 Å². The fourth-order valence-corrected chi connectivity index (χ4v) is 1.56. The van der Waals surface area contributed by atoms with Crippen molar-refractivity contribution < 1.29 is 14.3 Å². The van der Waals surface area contributed by atoms with Crippen LogP contribution >= 0.6 is 11.6 Å². The predicted molar refractivity (Wildman–Crippen MR) is 65.3 cm³/mol. The number of pyridine rings is 1. The van der Waals surface area contributed by atoms with Gasteiger partial charge in [0.1, 0.15) is 11.6 Å². The fraction of sp³-hybridized carbons (Fsp3) is 0. The average molecular weight is 267 g/mol. The van der Waals surface area contributed by atoms with Gasteiger partial charge < -0.3 is 10.4 Å². The summed E-state index contributed by atoms with van der Waals surface area (Å²) in [6.07, 6.45) is 2.25. The zero-order valence-corrected chi connectivity index (χ0v) is 9.78. The summed E-state index contributed by atoms with van der Waals surface area (Å²) >= 11 is 5.83. The molecule has 18 heavy (non-hydrogen) atoms. The number of aromatic hydroxyl groups is 1. The van der Waals surface area contributed by atoms with Crippen molar-refractivity contribution in [1.82, 2.24) is 4.98 Å². The van der Waals surface area contributed by atoms with Crippen LogP contribution in [0.3, 0.4) is 0 Å². The summed E-state index contributed by atoms with van der Waals surface area (Å²) in [5.74, 6) is -1.14. The summed E-state index contributed by atoms with van der Waals surface area (Å²) in [6.45, 7) is 0. The fourth-order valence-electron chi connectivity index (χ4n) is 1.34. The van der Waals surface area contributed by atoms with Crippen LogP contribution in [-0.2, 0) is 0 Å². The highest BCUT2D eigenvalue weighted by molar-refractivity contribution is 6.34. The maximum absolute atomic E-state index is 12.9. The molecule has 0 saturated heterocycles. The van der Waals surface area contributed by atoms with Gasteiger partial charge in [-0.05, 0) is 18.2 Å². The van der Waals surface area contributed by atoms with E-state index < -0.39 is 11.7 Å². The number of benzene rings is 1. The number of rotatable bonds is 2. The SMILES string of the molecule is O=C(Nc1ccc(O)cc1Cl)c1cncc(F)c1. The quantitative estimate of drug-likeness (QED) is 0.822. The molecule has 1 amide bonds. The zero-order valence-electron chi connectivity index (χ0n) is 9.02. The highest BCUT2D eigenvalue weighted by Crippen LogP contribution is 2.26. The van der Waals surface area contributed by atoms with E-state index in [4.69, 9.17) is 16.7 Å². The van der Waals surface area contributed by atoms with E-state index in [9.17, 15) is 9.18 Å². The van der Waals surface area contributed by atoms with E-state index in [0.717, 1.165) is 12.3 Å². The number of nitrogens with one attached hydrogen (secondary N) is 1. The maximum Gasteiger partial charge on any atom is 0.257 e. The Bertz CT molecular complexity index is 604. The second kappa shape index (κ2) is 5.01. The molecule has 0 aliphatic rings. The Morgan fingerprint density at radius 2 is 2.11 bits per heavy atom. The first-order valence-electron chi connectivity index (χ1n) is 4.96. The van der Waals surface area contributed by atoms with Crippen molar-refractivity contribution in [3.05, 3.63) is 53.1 Å². The molecule has 4 nitrogen and oxygen atoms in total. The summed E-state index contributed by atoms with van der Waals surface area (Å²) in [4.78, 5) is 15.3. The van der Waals surface area contributed by atoms with Crippen LogP contribution < -0.4 is 5.32 Å². The lowest BCUT2D eigenvalue weighted by atomic mass is 10.2. The van der Waals surface area contributed by atoms with Gasteiger partial charge in [0.15, 0.2) is 0 Å². The monoisotopic (exact) mass is 266 g/mol. The third-order valence-corrected chi connectivity index (χ3v) is 2.48. The minimum absolute atomic E-state index is 0.00887. The molecule has 2 aromatic rings. The lowest BCUT2D eigenvalue weighted by molar-refractivity contribution is 0.102. The van der Waals surface area contributed by atoms with E-state index in [2.05, 4.69) is 10.3 Å². The molecule has 2 N–H and O–H groups in total. The summed E-state index contributed by atoms with van der Waals surface area (Å²) < 4.78 is 12.9. The van der Waals surface area contributed by atoms with E-state index >= 15 is 0 Å². The van der Waals surface area contributed by atoms with Gasteiger partial charge in [-0.25, -0.2) is 4.39 Å². The number of carbonyl (C=O) groups excluding carboxylic acids is 1. The second-order valence-corrected chi connectivity index (χ2v) is 3.92. The average Bonchev–Trinajstić information content (AvgIpc) is 2.32. The van der Waals surface area contributed by atoms with Crippen LogP contribution in [0.25, 0.3) is 0 Å². The topological polar surface area (TPSA) is 62.2 Å². The molecular weight excluding hydrogens is 259 g/mol. The smallest absolute Gasteiger partial charge is 0.257 e. The molecule has 0 saturated carbocycles. The Kier molecular flexibility index (Phi) is 3.43. The highest BCUT2D eigenvalue weighted by atomic mass is 35.5. The van der Waals surface area contributed by atoms with E-state index in [-0.39, 0.29) is 16.3 Å². The lowest BCUT2D eigenvalue weighted by Gasteiger charge is -2.07. The van der Waals surface area contributed by atoms with Crippen molar-refractivity contribution in [1.29, 1.82) is 0 Å². The Morgan fingerprint density at radius 1 is 1.33 bits per heavy atom. The van der Waals surface area contributed by atoms with E-state index in [1.54, 1.807) is 0 Å². The van der Waals surface area contributed by atoms with Gasteiger partial charge in [0, 0.05) is 12.3 Å². The molecule has 1 aromatic carbocycles. The number of aromatic nitrogens is 1. The number of carbonyl (C=O) groups is 1. The molecule has 0 bridgehead atoms. The first-order valence-corrected chi connectivity index (χ1v) is 5.34. The molecule has 0 aliphatic heterocycles. The molecule has 1 aromatic heterocycles. The highest BCUT2D eigenvalue weighted by Gasteiger charge is 2.10. The zero-order chi connectivity index (χ0) is 13.1. The molecule has 0 unspecified atom stereocenters. The molecule has 0 atom stereocenters. The van der Waals surface area contributed by atoms with Gasteiger partial charge in [-0.1, -0.05) is 11.6 Å². The number of halogens is 2. The normalized spacial score (nSPS) is 10.1. The van der Waals surface area contributed by atoms with Crippen LogP contribution in [-0.4, -0.2) is 16.0 Å². The van der Waals surface area contributed by atoms with E-state index in [0.29, 0.717) is 5.69 Å². The largest absolute Gasteiger partial charge is 0.508 e. The van der Waals surface area contributed by atoms with Gasteiger partial charge in [0.2, 0.25) is 0 Å². The number of amides is 1. The lowest BCUT2D eigenvalue weighted by Crippen LogP contribution is -2.12. The van der Waals surface area contributed by atoms with Gasteiger partial charge in [0.25, 0.3) is 5.91 Å². The number of hydrogen-bond donors (Lipinski definition) is 2. The van der Waals surface area contributed by atoms with Crippen molar-refractivity contribution in [2.24, 2.45) is 0 Å². The number of hydrogen-bond acceptors (Lipinski definition) is 3. The van der Waals surface area contributed by atoms with Gasteiger partial charge >= 0.3 is 0 Å². The second-order valence-electron chi connectivity index (χ2n) is 3.51. The molecule has 0 spiro atoms. The minimum Gasteiger partial charge on any atom is -0.508 e. The van der Waals surface area contributed by atoms with Crippen molar-refractivity contribution in [3.63, 3.8) is 0 Å². The molecule has 6 heteroatoms. The summed E-state index contributed by atoms with van der Waals surface area (Å²) in [5, 5.41) is 11.8. The first-order chi connectivity index (χ1) is 8.56. The Hall–Kier alpha value is -2.14. The molecular formula is C12H8ClFN2O2. The molecule has 0 fully saturated rings. The number of nitrogens with zero attached hydrogens (tertiary/aromatic N) is 1. The van der Waals surface area contributed by atoms with E-state index in [1.807, 2.05) is 0 Å². The van der Waals surface area contributed by atoms with Gasteiger partial charge in [-0.2, -0.15) is 0 Å². The first kappa shape index (κ1) is 12.3. The predicted octanol–water partition coefficient (Wildman–Crippen LogP) is 2.83. The number of anilines is 1. The van der Waals surface area contributed by atoms with Gasteiger partial charge in [0.05, 0.1) is 22.5 Å². The number of phenols is 1. The molecule has 0 radical (unpaired) electrons. The van der Waals surface area contributed by atoms with Crippen molar-refractivity contribution in [2.75, 3.05) is 5.32 Å². The molecule has 1 heterocycles. The van der Waals surface area contributed by atoms with Gasteiger partial charge in [-0.15, -0.1) is 0 Å². The summed E-state index contributed by atoms with van der Waals surface area (Å²) in [6, 6.07) is 5.19. The summed E-state index contributed by atoms with van der Waals surface area (Å²) in [5.41, 5.74) is 0.405. The van der Waals surface area contributed by atoms with Crippen molar-refractivity contribution >= 4 is 23.2 Å². The maximum atomic E-state index is 12.9. The molecule has 92 valence electrons. The number of phenolic OH excluding ortho intramolecular Hbond substituents is 1. The van der Waals surface area contributed by atoms with Crippen LogP contribution in [0.4, 0.5) is 10.1 Å². The third kappa shape index (κ3) is 2.75. The van der Waals surface area contributed by atoms with Crippen LogP contribution in [0.1, 0.15) is 10.4 Å². The van der Waals surface area contributed by atoms with Crippen molar-refractivity contribution in [2.45, 2.75) is 0 Å². The van der Waals surface area contributed by atoms with Crippen LogP contribution in [0, 0.1) is 5.82 Å². The van der Waals surface area contributed by atoms with Crippen LogP contribution in [0.15, 0.2) is 36.7 Å². The standard InChI is InChI=1S/C12H8ClFN2O2/c13-10-4-9(17)1-2-11(10)16-12(18)7-3-8(14)6-15-5-7/h1-6,17H,(H,16,18). The Labute approximate surface area is 107 Å². The van der Waals surface area contributed by atoms with Crippen molar-refractivity contribution in [3.8, 4) is 5.75 Å². The van der Waals surface area contributed by atoms with E-state index in [1.165, 1.54) is 24.4 Å². The van der Waals surface area contributed by atoms with Crippen LogP contribution in [0.5, 0.6) is 5.75 Å². The summed E-state index contributed by atoms with van der Waals surface area (Å²) in [7, 11) is 0. The Morgan fingerprint density at radius 3 is 2.78 bits per heavy atom. The van der Waals surface area contributed by atoms with Gasteiger partial charge in [-0.3, -0.25) is 9.78 Å². The Balaban J connectivity index is 2.21. The third-order valence-electron chi connectivity index (χ3n) is 2.17. The molecule has 0 aliphatic carbocycles.